The fourth-order valence-electron chi connectivity index (χ4n) is 2.83. The lowest BCUT2D eigenvalue weighted by Crippen LogP contribution is -2.23. The molecule has 0 spiro atoms. The predicted molar refractivity (Wildman–Crippen MR) is 110 cm³/mol. The van der Waals surface area contributed by atoms with Gasteiger partial charge in [-0.2, -0.15) is 9.49 Å². The van der Waals surface area contributed by atoms with Gasteiger partial charge in [0.2, 0.25) is 11.7 Å². The number of nitro groups is 1. The van der Waals surface area contributed by atoms with Crippen molar-refractivity contribution in [2.75, 3.05) is 5.32 Å². The highest BCUT2D eigenvalue weighted by molar-refractivity contribution is 5.91. The second-order valence-corrected chi connectivity index (χ2v) is 6.72. The third-order valence-corrected chi connectivity index (χ3v) is 4.41. The second-order valence-electron chi connectivity index (χ2n) is 6.72. The summed E-state index contributed by atoms with van der Waals surface area (Å²) in [6.45, 7) is 2.21. The van der Waals surface area contributed by atoms with Gasteiger partial charge in [0.1, 0.15) is 0 Å². The largest absolute Gasteiger partial charge is 0.326 e. The minimum Gasteiger partial charge on any atom is -0.326 e. The number of benzene rings is 2. The van der Waals surface area contributed by atoms with Crippen LogP contribution in [-0.4, -0.2) is 20.6 Å². The molecule has 2 aromatic carbocycles. The maximum atomic E-state index is 13.4. The van der Waals surface area contributed by atoms with Crippen molar-refractivity contribution >= 4 is 17.3 Å². The zero-order valence-corrected chi connectivity index (χ0v) is 16.2. The molecule has 0 aliphatic carbocycles. The number of aryl methyl sites for hydroxylation is 2. The third kappa shape index (κ3) is 5.13. The molecule has 30 heavy (non-hydrogen) atoms. The number of hydrogen-bond donors (Lipinski definition) is 1. The first kappa shape index (κ1) is 20.8. The van der Waals surface area contributed by atoms with E-state index in [1.165, 1.54) is 16.8 Å². The Morgan fingerprint density at radius 3 is 2.60 bits per heavy atom. The molecule has 1 aromatic heterocycles. The SMILES string of the molecule is Cc1ccc(-c2ccc(=O)n(CCCC(=O)Nc3ccc(F)c([N+](=O)[O-])c3)n2)cc1. The molecule has 3 aromatic rings. The lowest BCUT2D eigenvalue weighted by atomic mass is 10.1. The molecule has 1 N–H and O–H groups in total. The molecule has 1 heterocycles. The number of aromatic nitrogens is 2. The number of rotatable bonds is 7. The zero-order chi connectivity index (χ0) is 21.7. The van der Waals surface area contributed by atoms with Gasteiger partial charge in [0, 0.05) is 36.3 Å². The molecular weight excluding hydrogens is 391 g/mol. The van der Waals surface area contributed by atoms with Gasteiger partial charge in [0.05, 0.1) is 10.6 Å². The van der Waals surface area contributed by atoms with E-state index in [1.807, 2.05) is 31.2 Å². The van der Waals surface area contributed by atoms with E-state index in [-0.39, 0.29) is 24.2 Å². The van der Waals surface area contributed by atoms with Gasteiger partial charge in [0.25, 0.3) is 5.56 Å². The summed E-state index contributed by atoms with van der Waals surface area (Å²) in [6, 6.07) is 14.0. The van der Waals surface area contributed by atoms with E-state index >= 15 is 0 Å². The molecule has 154 valence electrons. The van der Waals surface area contributed by atoms with Crippen LogP contribution in [0.25, 0.3) is 11.3 Å². The van der Waals surface area contributed by atoms with Crippen molar-refractivity contribution in [2.24, 2.45) is 0 Å². The predicted octanol–water partition coefficient (Wildman–Crippen LogP) is 3.68. The van der Waals surface area contributed by atoms with Crippen LogP contribution < -0.4 is 10.9 Å². The number of halogens is 1. The molecule has 0 bridgehead atoms. The van der Waals surface area contributed by atoms with E-state index in [0.29, 0.717) is 12.1 Å². The topological polar surface area (TPSA) is 107 Å². The molecule has 1 amide bonds. The highest BCUT2D eigenvalue weighted by atomic mass is 19.1. The number of carbonyl (C=O) groups excluding carboxylic acids is 1. The normalized spacial score (nSPS) is 10.6. The average molecular weight is 410 g/mol. The molecule has 0 saturated heterocycles. The first-order chi connectivity index (χ1) is 14.3. The van der Waals surface area contributed by atoms with Crippen molar-refractivity contribution in [1.29, 1.82) is 0 Å². The van der Waals surface area contributed by atoms with Crippen LogP contribution in [0.3, 0.4) is 0 Å². The van der Waals surface area contributed by atoms with E-state index in [1.54, 1.807) is 6.07 Å². The summed E-state index contributed by atoms with van der Waals surface area (Å²) in [5.41, 5.74) is 1.79. The summed E-state index contributed by atoms with van der Waals surface area (Å²) in [5.74, 6) is -1.38. The van der Waals surface area contributed by atoms with Crippen LogP contribution in [0.5, 0.6) is 0 Å². The highest BCUT2D eigenvalue weighted by Crippen LogP contribution is 2.22. The Morgan fingerprint density at radius 2 is 1.90 bits per heavy atom. The zero-order valence-electron chi connectivity index (χ0n) is 16.2. The molecule has 0 radical (unpaired) electrons. The Labute approximate surface area is 171 Å². The van der Waals surface area contributed by atoms with Gasteiger partial charge in [-0.3, -0.25) is 19.7 Å². The van der Waals surface area contributed by atoms with Crippen LogP contribution in [0.2, 0.25) is 0 Å². The monoisotopic (exact) mass is 410 g/mol. The van der Waals surface area contributed by atoms with E-state index in [2.05, 4.69) is 10.4 Å². The number of hydrogen-bond acceptors (Lipinski definition) is 5. The smallest absolute Gasteiger partial charge is 0.306 e. The van der Waals surface area contributed by atoms with Gasteiger partial charge < -0.3 is 5.32 Å². The Morgan fingerprint density at radius 1 is 1.17 bits per heavy atom. The molecule has 0 fully saturated rings. The lowest BCUT2D eigenvalue weighted by molar-refractivity contribution is -0.387. The number of nitro benzene ring substituents is 1. The summed E-state index contributed by atoms with van der Waals surface area (Å²) in [7, 11) is 0. The molecule has 0 atom stereocenters. The Hall–Kier alpha value is -3.88. The lowest BCUT2D eigenvalue weighted by Gasteiger charge is -2.08. The number of anilines is 1. The van der Waals surface area contributed by atoms with Crippen LogP contribution >= 0.6 is 0 Å². The summed E-state index contributed by atoms with van der Waals surface area (Å²) >= 11 is 0. The van der Waals surface area contributed by atoms with Crippen molar-refractivity contribution in [1.82, 2.24) is 9.78 Å². The Balaban J connectivity index is 1.61. The maximum absolute atomic E-state index is 13.4. The molecule has 0 aliphatic heterocycles. The van der Waals surface area contributed by atoms with Crippen LogP contribution in [0, 0.1) is 22.9 Å². The van der Waals surface area contributed by atoms with Gasteiger partial charge in [-0.15, -0.1) is 0 Å². The summed E-state index contributed by atoms with van der Waals surface area (Å²) in [5, 5.41) is 17.6. The minimum atomic E-state index is -0.975. The molecule has 8 nitrogen and oxygen atoms in total. The van der Waals surface area contributed by atoms with Gasteiger partial charge in [-0.1, -0.05) is 29.8 Å². The second kappa shape index (κ2) is 9.08. The quantitative estimate of drug-likeness (QED) is 0.472. The van der Waals surface area contributed by atoms with Gasteiger partial charge in [0.15, 0.2) is 0 Å². The van der Waals surface area contributed by atoms with Crippen LogP contribution in [0.15, 0.2) is 59.4 Å². The standard InChI is InChI=1S/C21H19FN4O4/c1-14-4-6-15(7-5-14)18-10-11-21(28)25(24-18)12-2-3-20(27)23-16-8-9-17(22)19(13-16)26(29)30/h4-11,13H,2-3,12H2,1H3,(H,23,27). The summed E-state index contributed by atoms with van der Waals surface area (Å²) < 4.78 is 14.7. The first-order valence-corrected chi connectivity index (χ1v) is 9.22. The van der Waals surface area contributed by atoms with E-state index < -0.39 is 22.3 Å². The van der Waals surface area contributed by atoms with Crippen molar-refractivity contribution in [3.8, 4) is 11.3 Å². The highest BCUT2D eigenvalue weighted by Gasteiger charge is 2.15. The maximum Gasteiger partial charge on any atom is 0.306 e. The van der Waals surface area contributed by atoms with Crippen molar-refractivity contribution in [2.45, 2.75) is 26.3 Å². The number of nitrogens with zero attached hydrogens (tertiary/aromatic N) is 3. The first-order valence-electron chi connectivity index (χ1n) is 9.22. The molecule has 0 unspecified atom stereocenters. The van der Waals surface area contributed by atoms with Gasteiger partial charge in [-0.25, -0.2) is 4.68 Å². The van der Waals surface area contributed by atoms with Gasteiger partial charge in [-0.05, 0) is 31.5 Å². The van der Waals surface area contributed by atoms with Crippen molar-refractivity contribution < 1.29 is 14.1 Å². The Bertz CT molecular complexity index is 1140. The average Bonchev–Trinajstić information content (AvgIpc) is 2.71. The number of nitrogens with one attached hydrogen (secondary N) is 1. The number of carbonyl (C=O) groups is 1. The molecule has 9 heteroatoms. The van der Waals surface area contributed by atoms with Crippen molar-refractivity contribution in [3.63, 3.8) is 0 Å². The molecule has 0 aliphatic rings. The van der Waals surface area contributed by atoms with E-state index in [9.17, 15) is 24.1 Å². The van der Waals surface area contributed by atoms with Crippen LogP contribution in [0.1, 0.15) is 18.4 Å². The summed E-state index contributed by atoms with van der Waals surface area (Å²) in [6.07, 6.45) is 0.396. The third-order valence-electron chi connectivity index (χ3n) is 4.41. The number of amides is 1. The van der Waals surface area contributed by atoms with Gasteiger partial charge >= 0.3 is 5.69 Å². The van der Waals surface area contributed by atoms with Crippen LogP contribution in [-0.2, 0) is 11.3 Å². The van der Waals surface area contributed by atoms with E-state index in [4.69, 9.17) is 0 Å². The fraction of sp³-hybridized carbons (Fsp3) is 0.190. The minimum absolute atomic E-state index is 0.0635. The molecule has 3 rings (SSSR count). The molecule has 0 saturated carbocycles. The Kier molecular flexibility index (Phi) is 6.31. The van der Waals surface area contributed by atoms with Crippen LogP contribution in [0.4, 0.5) is 15.8 Å². The van der Waals surface area contributed by atoms with Crippen molar-refractivity contribution in [3.05, 3.63) is 86.4 Å². The molecular formula is C21H19FN4O4. The fourth-order valence-corrected chi connectivity index (χ4v) is 2.83. The van der Waals surface area contributed by atoms with E-state index in [0.717, 1.165) is 23.3 Å². The summed E-state index contributed by atoms with van der Waals surface area (Å²) in [4.78, 5) is 34.1.